The quantitative estimate of drug-likeness (QED) is 0.866. The van der Waals surface area contributed by atoms with Gasteiger partial charge in [0.05, 0.1) is 0 Å². The van der Waals surface area contributed by atoms with Crippen LogP contribution in [0.25, 0.3) is 0 Å². The summed E-state index contributed by atoms with van der Waals surface area (Å²) in [6.07, 6.45) is 0.114. The Morgan fingerprint density at radius 1 is 0.833 bits per heavy atom. The third-order valence-corrected chi connectivity index (χ3v) is 3.38. The first-order chi connectivity index (χ1) is 8.84. The average Bonchev–Trinajstić information content (AvgIpc) is 2.83. The van der Waals surface area contributed by atoms with Crippen LogP contribution in [0.3, 0.4) is 0 Å². The Balaban J connectivity index is 1.81. The summed E-state index contributed by atoms with van der Waals surface area (Å²) in [4.78, 5) is 0. The molecular formula is C16H17NO. The lowest BCUT2D eigenvalue weighted by Gasteiger charge is -2.14. The average molecular weight is 239 g/mol. The van der Waals surface area contributed by atoms with E-state index in [2.05, 4.69) is 48.6 Å². The van der Waals surface area contributed by atoms with Crippen LogP contribution < -0.4 is 5.32 Å². The van der Waals surface area contributed by atoms with Crippen molar-refractivity contribution in [1.82, 2.24) is 5.32 Å². The molecule has 0 aliphatic carbocycles. The smallest absolute Gasteiger partial charge is 0.135 e. The van der Waals surface area contributed by atoms with Gasteiger partial charge in [-0.1, -0.05) is 60.7 Å². The van der Waals surface area contributed by atoms with Crippen LogP contribution in [0.1, 0.15) is 30.4 Å². The van der Waals surface area contributed by atoms with Gasteiger partial charge in [-0.05, 0) is 18.1 Å². The molecule has 3 rings (SSSR count). The van der Waals surface area contributed by atoms with Gasteiger partial charge in [-0.15, -0.1) is 0 Å². The lowest BCUT2D eigenvalue weighted by atomic mass is 10.0. The number of ether oxygens (including phenoxy) is 1. The maximum Gasteiger partial charge on any atom is 0.135 e. The summed E-state index contributed by atoms with van der Waals surface area (Å²) >= 11 is 0. The van der Waals surface area contributed by atoms with Crippen LogP contribution in [0.2, 0.25) is 0 Å². The molecule has 1 saturated heterocycles. The summed E-state index contributed by atoms with van der Waals surface area (Å²) in [5, 5.41) is 3.50. The van der Waals surface area contributed by atoms with E-state index >= 15 is 0 Å². The Kier molecular flexibility index (Phi) is 3.13. The lowest BCUT2D eigenvalue weighted by Crippen LogP contribution is -2.23. The summed E-state index contributed by atoms with van der Waals surface area (Å²) < 4.78 is 6.13. The van der Waals surface area contributed by atoms with Gasteiger partial charge in [0.2, 0.25) is 0 Å². The standard InChI is InChI=1S/C16H17NO/c1-12-15(13-8-4-2-5-9-13)18-16(17-12)14-10-6-3-7-11-14/h2-12,15-17H,1H3/t12-,15-,16-/m1/s1. The van der Waals surface area contributed by atoms with Crippen molar-refractivity contribution in [1.29, 1.82) is 0 Å². The molecule has 0 radical (unpaired) electrons. The third-order valence-electron chi connectivity index (χ3n) is 3.38. The molecule has 0 aromatic heterocycles. The fraction of sp³-hybridized carbons (Fsp3) is 0.250. The third kappa shape index (κ3) is 2.17. The Hall–Kier alpha value is -1.64. The number of benzene rings is 2. The van der Waals surface area contributed by atoms with Crippen LogP contribution in [0.4, 0.5) is 0 Å². The molecule has 0 bridgehead atoms. The number of hydrogen-bond acceptors (Lipinski definition) is 2. The number of hydrogen-bond donors (Lipinski definition) is 1. The first-order valence-electron chi connectivity index (χ1n) is 6.36. The van der Waals surface area contributed by atoms with Crippen LogP contribution in [-0.2, 0) is 4.74 Å². The minimum atomic E-state index is -0.00796. The normalized spacial score (nSPS) is 27.3. The summed E-state index contributed by atoms with van der Waals surface area (Å²) in [5.41, 5.74) is 2.42. The van der Waals surface area contributed by atoms with Gasteiger partial charge < -0.3 is 4.74 Å². The van der Waals surface area contributed by atoms with E-state index in [1.165, 1.54) is 11.1 Å². The van der Waals surface area contributed by atoms with Crippen LogP contribution in [-0.4, -0.2) is 6.04 Å². The summed E-state index contributed by atoms with van der Waals surface area (Å²) in [7, 11) is 0. The molecule has 1 aliphatic heterocycles. The van der Waals surface area contributed by atoms with Gasteiger partial charge in [0.25, 0.3) is 0 Å². The Bertz CT molecular complexity index is 497. The van der Waals surface area contributed by atoms with E-state index < -0.39 is 0 Å². The highest BCUT2D eigenvalue weighted by molar-refractivity contribution is 5.23. The van der Waals surface area contributed by atoms with Gasteiger partial charge >= 0.3 is 0 Å². The highest BCUT2D eigenvalue weighted by Gasteiger charge is 2.32. The second-order valence-corrected chi connectivity index (χ2v) is 4.71. The first kappa shape index (κ1) is 11.5. The summed E-state index contributed by atoms with van der Waals surface area (Å²) in [6, 6.07) is 21.0. The molecule has 1 N–H and O–H groups in total. The second-order valence-electron chi connectivity index (χ2n) is 4.71. The molecule has 2 aromatic carbocycles. The minimum Gasteiger partial charge on any atom is -0.350 e. The minimum absolute atomic E-state index is 0.00796. The van der Waals surface area contributed by atoms with E-state index in [0.29, 0.717) is 6.04 Å². The van der Waals surface area contributed by atoms with Crippen molar-refractivity contribution >= 4 is 0 Å². The zero-order valence-corrected chi connectivity index (χ0v) is 10.4. The van der Waals surface area contributed by atoms with Gasteiger partial charge in [-0.2, -0.15) is 0 Å². The highest BCUT2D eigenvalue weighted by atomic mass is 16.5. The molecule has 0 unspecified atom stereocenters. The second kappa shape index (κ2) is 4.92. The molecule has 2 nitrogen and oxygen atoms in total. The fourth-order valence-corrected chi connectivity index (χ4v) is 2.44. The van der Waals surface area contributed by atoms with Crippen LogP contribution in [0, 0.1) is 0 Å². The van der Waals surface area contributed by atoms with Gasteiger partial charge in [0.1, 0.15) is 12.3 Å². The van der Waals surface area contributed by atoms with Crippen molar-refractivity contribution in [3.63, 3.8) is 0 Å². The van der Waals surface area contributed by atoms with E-state index in [0.717, 1.165) is 0 Å². The number of nitrogens with one attached hydrogen (secondary N) is 1. The van der Waals surface area contributed by atoms with E-state index in [-0.39, 0.29) is 12.3 Å². The van der Waals surface area contributed by atoms with Gasteiger partial charge in [0, 0.05) is 6.04 Å². The molecule has 1 fully saturated rings. The van der Waals surface area contributed by atoms with E-state index in [1.54, 1.807) is 0 Å². The van der Waals surface area contributed by atoms with Gasteiger partial charge in [-0.25, -0.2) is 0 Å². The predicted molar refractivity (Wildman–Crippen MR) is 72.0 cm³/mol. The Morgan fingerprint density at radius 2 is 1.39 bits per heavy atom. The molecular weight excluding hydrogens is 222 g/mol. The Labute approximate surface area is 108 Å². The van der Waals surface area contributed by atoms with Crippen molar-refractivity contribution in [2.75, 3.05) is 0 Å². The molecule has 92 valence electrons. The first-order valence-corrected chi connectivity index (χ1v) is 6.36. The van der Waals surface area contributed by atoms with E-state index in [1.807, 2.05) is 24.3 Å². The molecule has 18 heavy (non-hydrogen) atoms. The molecule has 1 aliphatic rings. The van der Waals surface area contributed by atoms with Crippen molar-refractivity contribution in [2.24, 2.45) is 0 Å². The molecule has 2 heteroatoms. The van der Waals surface area contributed by atoms with E-state index in [9.17, 15) is 0 Å². The van der Waals surface area contributed by atoms with Gasteiger partial charge in [-0.3, -0.25) is 5.32 Å². The zero-order valence-electron chi connectivity index (χ0n) is 10.4. The zero-order chi connectivity index (χ0) is 12.4. The maximum absolute atomic E-state index is 6.13. The van der Waals surface area contributed by atoms with Crippen molar-refractivity contribution in [3.8, 4) is 0 Å². The highest BCUT2D eigenvalue weighted by Crippen LogP contribution is 2.34. The molecule has 0 saturated carbocycles. The lowest BCUT2D eigenvalue weighted by molar-refractivity contribution is 0.0363. The molecule has 0 spiro atoms. The monoisotopic (exact) mass is 239 g/mol. The largest absolute Gasteiger partial charge is 0.350 e. The SMILES string of the molecule is C[C@H]1N[C@@H](c2ccccc2)O[C@H]1c1ccccc1. The maximum atomic E-state index is 6.13. The summed E-state index contributed by atoms with van der Waals surface area (Å²) in [5.74, 6) is 0. The Morgan fingerprint density at radius 3 is 2.00 bits per heavy atom. The van der Waals surface area contributed by atoms with E-state index in [4.69, 9.17) is 4.74 Å². The molecule has 3 atom stereocenters. The van der Waals surface area contributed by atoms with Crippen LogP contribution in [0.5, 0.6) is 0 Å². The topological polar surface area (TPSA) is 21.3 Å². The molecule has 0 amide bonds. The van der Waals surface area contributed by atoms with Crippen LogP contribution >= 0.6 is 0 Å². The number of rotatable bonds is 2. The van der Waals surface area contributed by atoms with Crippen LogP contribution in [0.15, 0.2) is 60.7 Å². The fourth-order valence-electron chi connectivity index (χ4n) is 2.44. The van der Waals surface area contributed by atoms with Crippen molar-refractivity contribution < 1.29 is 4.74 Å². The molecule has 1 heterocycles. The van der Waals surface area contributed by atoms with Crippen molar-refractivity contribution in [3.05, 3.63) is 71.8 Å². The summed E-state index contributed by atoms with van der Waals surface area (Å²) in [6.45, 7) is 2.17. The predicted octanol–water partition coefficient (Wildman–Crippen LogP) is 3.43. The van der Waals surface area contributed by atoms with Crippen molar-refractivity contribution in [2.45, 2.75) is 25.3 Å². The molecule has 2 aromatic rings. The van der Waals surface area contributed by atoms with Gasteiger partial charge in [0.15, 0.2) is 0 Å².